The Morgan fingerprint density at radius 2 is 1.87 bits per heavy atom. The lowest BCUT2D eigenvalue weighted by molar-refractivity contribution is -0.892. The fourth-order valence-corrected chi connectivity index (χ4v) is 3.10. The van der Waals surface area contributed by atoms with Crippen LogP contribution in [0.3, 0.4) is 0 Å². The number of para-hydroxylation sites is 1. The smallest absolute Gasteiger partial charge is 0.276 e. The maximum atomic E-state index is 12.3. The first-order chi connectivity index (χ1) is 11.1. The number of quaternary nitrogens is 1. The molecule has 1 aromatic rings. The number of amides is 1. The molecule has 1 fully saturated rings. The fourth-order valence-electron chi connectivity index (χ4n) is 3.10. The van der Waals surface area contributed by atoms with E-state index in [2.05, 4.69) is 40.4 Å². The third-order valence-corrected chi connectivity index (χ3v) is 4.86. The van der Waals surface area contributed by atoms with Gasteiger partial charge in [-0.25, -0.2) is 0 Å². The summed E-state index contributed by atoms with van der Waals surface area (Å²) in [6.45, 7) is 8.46. The Morgan fingerprint density at radius 1 is 1.26 bits per heavy atom. The molecule has 0 spiro atoms. The van der Waals surface area contributed by atoms with Crippen molar-refractivity contribution in [3.05, 3.63) is 30.3 Å². The first-order valence-electron chi connectivity index (χ1n) is 8.55. The second-order valence-corrected chi connectivity index (χ2v) is 6.23. The first-order valence-corrected chi connectivity index (χ1v) is 8.55. The van der Waals surface area contributed by atoms with Gasteiger partial charge in [0.15, 0.2) is 6.54 Å². The number of hydrogen-bond donors (Lipinski definition) is 2. The van der Waals surface area contributed by atoms with Crippen molar-refractivity contribution in [1.82, 2.24) is 5.32 Å². The lowest BCUT2D eigenvalue weighted by atomic mass is 9.94. The average molecular weight is 314 g/mol. The summed E-state index contributed by atoms with van der Waals surface area (Å²) < 4.78 is 0. The summed E-state index contributed by atoms with van der Waals surface area (Å²) >= 11 is 0. The van der Waals surface area contributed by atoms with Crippen LogP contribution >= 0.6 is 0 Å². The molecule has 4 heteroatoms. The van der Waals surface area contributed by atoms with Gasteiger partial charge in [-0.3, -0.25) is 4.79 Å². The molecule has 2 N–H and O–H groups in total. The third kappa shape index (κ3) is 4.49. The summed E-state index contributed by atoms with van der Waals surface area (Å²) in [6, 6.07) is 10.4. The highest BCUT2D eigenvalue weighted by molar-refractivity contribution is 5.78. The van der Waals surface area contributed by atoms with E-state index in [0.29, 0.717) is 6.54 Å². The summed E-state index contributed by atoms with van der Waals surface area (Å²) in [4.78, 5) is 16.0. The zero-order chi connectivity index (χ0) is 16.7. The van der Waals surface area contributed by atoms with Crippen molar-refractivity contribution in [2.24, 2.45) is 0 Å². The van der Waals surface area contributed by atoms with E-state index in [-0.39, 0.29) is 5.91 Å². The van der Waals surface area contributed by atoms with Crippen molar-refractivity contribution >= 4 is 11.6 Å². The number of rotatable bonds is 6. The maximum absolute atomic E-state index is 12.3. The number of benzene rings is 1. The highest BCUT2D eigenvalue weighted by Crippen LogP contribution is 2.13. The minimum atomic E-state index is -0.484. The fraction of sp³-hybridized carbons (Fsp3) is 0.526. The van der Waals surface area contributed by atoms with Gasteiger partial charge in [0.2, 0.25) is 0 Å². The van der Waals surface area contributed by atoms with Crippen LogP contribution in [0.5, 0.6) is 0 Å². The molecule has 0 saturated carbocycles. The number of piperazine rings is 1. The number of nitrogens with one attached hydrogen (secondary N) is 2. The molecule has 23 heavy (non-hydrogen) atoms. The number of nitrogens with zero attached hydrogens (tertiary/aromatic N) is 1. The predicted molar refractivity (Wildman–Crippen MR) is 94.5 cm³/mol. The van der Waals surface area contributed by atoms with Crippen LogP contribution in [0.1, 0.15) is 26.7 Å². The quantitative estimate of drug-likeness (QED) is 0.759. The van der Waals surface area contributed by atoms with E-state index in [4.69, 9.17) is 6.42 Å². The molecular weight excluding hydrogens is 286 g/mol. The zero-order valence-electron chi connectivity index (χ0n) is 14.3. The Kier molecular flexibility index (Phi) is 6.06. The normalized spacial score (nSPS) is 16.0. The van der Waals surface area contributed by atoms with Gasteiger partial charge in [0.1, 0.15) is 5.54 Å². The minimum absolute atomic E-state index is 0.0646. The summed E-state index contributed by atoms with van der Waals surface area (Å²) in [5.41, 5.74) is 0.780. The van der Waals surface area contributed by atoms with Crippen molar-refractivity contribution < 1.29 is 9.69 Å². The summed E-state index contributed by atoms with van der Waals surface area (Å²) in [5, 5.41) is 3.06. The number of carbonyl (C=O) groups excluding carboxylic acids is 1. The second kappa shape index (κ2) is 8.03. The van der Waals surface area contributed by atoms with Gasteiger partial charge in [0, 0.05) is 5.69 Å². The third-order valence-electron chi connectivity index (χ3n) is 4.86. The van der Waals surface area contributed by atoms with Gasteiger partial charge >= 0.3 is 0 Å². The van der Waals surface area contributed by atoms with Crippen molar-refractivity contribution in [2.45, 2.75) is 32.2 Å². The number of terminal acetylenes is 1. The van der Waals surface area contributed by atoms with E-state index in [1.165, 1.54) is 10.6 Å². The van der Waals surface area contributed by atoms with Crippen molar-refractivity contribution in [1.29, 1.82) is 0 Å². The van der Waals surface area contributed by atoms with E-state index >= 15 is 0 Å². The molecular formula is C19H28N3O+. The van der Waals surface area contributed by atoms with Crippen molar-refractivity contribution in [3.8, 4) is 12.3 Å². The topological polar surface area (TPSA) is 36.8 Å². The SMILES string of the molecule is C#CC(CC)(CC)NC(=O)C[NH+]1CCN(c2ccccc2)CC1. The Hall–Kier alpha value is -1.99. The number of anilines is 1. The van der Waals surface area contributed by atoms with E-state index in [0.717, 1.165) is 39.0 Å². The Bertz CT molecular complexity index is 537. The highest BCUT2D eigenvalue weighted by Gasteiger charge is 2.28. The maximum Gasteiger partial charge on any atom is 0.276 e. The lowest BCUT2D eigenvalue weighted by Crippen LogP contribution is -3.16. The van der Waals surface area contributed by atoms with Crippen LogP contribution in [0.25, 0.3) is 0 Å². The van der Waals surface area contributed by atoms with Crippen LogP contribution < -0.4 is 15.1 Å². The number of hydrogen-bond acceptors (Lipinski definition) is 2. The molecule has 1 aromatic carbocycles. The molecule has 124 valence electrons. The molecule has 1 aliphatic heterocycles. The first kappa shape index (κ1) is 17.4. The molecule has 1 saturated heterocycles. The Morgan fingerprint density at radius 3 is 2.39 bits per heavy atom. The number of carbonyl (C=O) groups is 1. The van der Waals surface area contributed by atoms with Crippen molar-refractivity contribution in [3.63, 3.8) is 0 Å². The molecule has 4 nitrogen and oxygen atoms in total. The van der Waals surface area contributed by atoms with Gasteiger partial charge in [-0.2, -0.15) is 0 Å². The zero-order valence-corrected chi connectivity index (χ0v) is 14.3. The second-order valence-electron chi connectivity index (χ2n) is 6.23. The monoisotopic (exact) mass is 314 g/mol. The standard InChI is InChI=1S/C19H27N3O/c1-4-19(5-2,6-3)20-18(23)16-21-12-14-22(15-13-21)17-10-8-7-9-11-17/h1,7-11H,5-6,12-16H2,2-3H3,(H,20,23)/p+1. The van der Waals surface area contributed by atoms with E-state index in [1.807, 2.05) is 19.9 Å². The van der Waals surface area contributed by atoms with Crippen LogP contribution in [0.4, 0.5) is 5.69 Å². The summed E-state index contributed by atoms with van der Waals surface area (Å²) in [7, 11) is 0. The average Bonchev–Trinajstić information content (AvgIpc) is 2.61. The van der Waals surface area contributed by atoms with Crippen LogP contribution in [0.15, 0.2) is 30.3 Å². The van der Waals surface area contributed by atoms with Crippen LogP contribution in [-0.4, -0.2) is 44.2 Å². The molecule has 1 heterocycles. The van der Waals surface area contributed by atoms with Crippen LogP contribution in [0.2, 0.25) is 0 Å². The molecule has 1 amide bonds. The lowest BCUT2D eigenvalue weighted by Gasteiger charge is -2.34. The predicted octanol–water partition coefficient (Wildman–Crippen LogP) is 0.700. The molecule has 0 atom stereocenters. The Balaban J connectivity index is 1.82. The molecule has 0 bridgehead atoms. The molecule has 0 unspecified atom stereocenters. The molecule has 0 radical (unpaired) electrons. The highest BCUT2D eigenvalue weighted by atomic mass is 16.2. The van der Waals surface area contributed by atoms with E-state index < -0.39 is 5.54 Å². The van der Waals surface area contributed by atoms with Crippen molar-refractivity contribution in [2.75, 3.05) is 37.6 Å². The van der Waals surface area contributed by atoms with Gasteiger partial charge < -0.3 is 15.1 Å². The molecule has 2 rings (SSSR count). The van der Waals surface area contributed by atoms with E-state index in [9.17, 15) is 4.79 Å². The van der Waals surface area contributed by atoms with Gasteiger partial charge in [0.05, 0.1) is 26.2 Å². The van der Waals surface area contributed by atoms with E-state index in [1.54, 1.807) is 0 Å². The minimum Gasteiger partial charge on any atom is -0.360 e. The Labute approximate surface area is 139 Å². The van der Waals surface area contributed by atoms with Crippen LogP contribution in [-0.2, 0) is 4.79 Å². The largest absolute Gasteiger partial charge is 0.360 e. The molecule has 0 aromatic heterocycles. The molecule has 0 aliphatic carbocycles. The molecule has 1 aliphatic rings. The summed E-state index contributed by atoms with van der Waals surface area (Å²) in [6.07, 6.45) is 7.15. The van der Waals surface area contributed by atoms with Gasteiger partial charge in [-0.1, -0.05) is 38.0 Å². The van der Waals surface area contributed by atoms with Gasteiger partial charge in [-0.05, 0) is 25.0 Å². The van der Waals surface area contributed by atoms with Gasteiger partial charge in [-0.15, -0.1) is 6.42 Å². The van der Waals surface area contributed by atoms with Crippen LogP contribution in [0, 0.1) is 12.3 Å². The van der Waals surface area contributed by atoms with Gasteiger partial charge in [0.25, 0.3) is 5.91 Å². The summed E-state index contributed by atoms with van der Waals surface area (Å²) in [5.74, 6) is 2.83.